The molecule has 0 aliphatic carbocycles. The Bertz CT molecular complexity index is 1060. The second kappa shape index (κ2) is 8.28. The molecule has 1 aliphatic heterocycles. The summed E-state index contributed by atoms with van der Waals surface area (Å²) in [7, 11) is 2.92. The summed E-state index contributed by atoms with van der Waals surface area (Å²) >= 11 is 0. The number of para-hydroxylation sites is 1. The number of carbonyl (C=O) groups excluding carboxylic acids is 2. The minimum Gasteiger partial charge on any atom is -0.497 e. The zero-order valence-corrected chi connectivity index (χ0v) is 16.7. The highest BCUT2D eigenvalue weighted by atomic mass is 16.5. The predicted octanol–water partition coefficient (Wildman–Crippen LogP) is 3.38. The second-order valence-corrected chi connectivity index (χ2v) is 6.85. The number of ether oxygens (including phenoxy) is 2. The average Bonchev–Trinajstić information content (AvgIpc) is 3.27. The van der Waals surface area contributed by atoms with E-state index >= 15 is 0 Å². The number of methoxy groups -OCH3 is 2. The van der Waals surface area contributed by atoms with Gasteiger partial charge >= 0.3 is 12.0 Å². The van der Waals surface area contributed by atoms with Crippen LogP contribution in [0.1, 0.15) is 33.4 Å². The molecule has 0 saturated carbocycles. The number of aromatic amines is 1. The maximum absolute atomic E-state index is 13.3. The van der Waals surface area contributed by atoms with Gasteiger partial charge in [-0.1, -0.05) is 24.3 Å². The Morgan fingerprint density at radius 2 is 1.90 bits per heavy atom. The van der Waals surface area contributed by atoms with E-state index < -0.39 is 5.97 Å². The monoisotopic (exact) mass is 406 g/mol. The molecule has 0 radical (unpaired) electrons. The molecular weight excluding hydrogens is 384 g/mol. The number of rotatable bonds is 4. The molecule has 0 spiro atoms. The number of nitrogens with zero attached hydrogens (tertiary/aromatic N) is 2. The number of urea groups is 1. The summed E-state index contributed by atoms with van der Waals surface area (Å²) in [5.74, 6) is 0.227. The summed E-state index contributed by atoms with van der Waals surface area (Å²) < 4.78 is 10.1. The largest absolute Gasteiger partial charge is 0.497 e. The third-order valence-corrected chi connectivity index (χ3v) is 5.19. The smallest absolute Gasteiger partial charge is 0.339 e. The molecule has 1 aliphatic rings. The van der Waals surface area contributed by atoms with Gasteiger partial charge in [-0.05, 0) is 29.8 Å². The lowest BCUT2D eigenvalue weighted by Crippen LogP contribution is -2.43. The van der Waals surface area contributed by atoms with Gasteiger partial charge in [0.1, 0.15) is 11.8 Å². The van der Waals surface area contributed by atoms with E-state index in [9.17, 15) is 9.59 Å². The van der Waals surface area contributed by atoms with E-state index in [1.54, 1.807) is 42.6 Å². The number of amides is 2. The van der Waals surface area contributed by atoms with Gasteiger partial charge in [-0.3, -0.25) is 0 Å². The van der Waals surface area contributed by atoms with E-state index in [1.807, 2.05) is 24.3 Å². The van der Waals surface area contributed by atoms with Crippen LogP contribution in [0.5, 0.6) is 5.75 Å². The van der Waals surface area contributed by atoms with Crippen molar-refractivity contribution in [3.05, 3.63) is 77.4 Å². The summed E-state index contributed by atoms with van der Waals surface area (Å²) in [6, 6.07) is 13.7. The Morgan fingerprint density at radius 1 is 1.13 bits per heavy atom. The number of benzene rings is 2. The molecule has 3 aromatic rings. The van der Waals surface area contributed by atoms with E-state index in [-0.39, 0.29) is 12.1 Å². The van der Waals surface area contributed by atoms with Crippen LogP contribution >= 0.6 is 0 Å². The van der Waals surface area contributed by atoms with Gasteiger partial charge in [-0.25, -0.2) is 14.6 Å². The Labute approximate surface area is 173 Å². The molecule has 30 heavy (non-hydrogen) atoms. The molecular formula is C22H22N4O4. The molecule has 154 valence electrons. The molecule has 0 bridgehead atoms. The standard InChI is InChI=1S/C22H22N4O4/c1-29-15-9-7-14(8-10-15)20-19-18(23-13-24-19)11-12-26(20)22(28)25-17-6-4-3-5-16(17)21(27)30-2/h3-10,13,20H,11-12H2,1-2H3,(H,23,24)(H,25,28)/t20-/m1/s1. The zero-order chi connectivity index (χ0) is 21.1. The second-order valence-electron chi connectivity index (χ2n) is 6.85. The van der Waals surface area contributed by atoms with E-state index in [0.29, 0.717) is 24.2 Å². The van der Waals surface area contributed by atoms with Crippen molar-refractivity contribution in [1.29, 1.82) is 0 Å². The van der Waals surface area contributed by atoms with Crippen LogP contribution in [-0.2, 0) is 11.2 Å². The molecule has 0 saturated heterocycles. The molecule has 2 N–H and O–H groups in total. The average molecular weight is 406 g/mol. The number of nitrogens with one attached hydrogen (secondary N) is 2. The minimum atomic E-state index is -0.508. The Kier molecular flexibility index (Phi) is 5.38. The van der Waals surface area contributed by atoms with Crippen LogP contribution in [0.25, 0.3) is 0 Å². The van der Waals surface area contributed by atoms with Crippen LogP contribution < -0.4 is 10.1 Å². The number of H-pyrrole nitrogens is 1. The highest BCUT2D eigenvalue weighted by Gasteiger charge is 2.34. The third kappa shape index (κ3) is 3.59. The molecule has 1 aromatic heterocycles. The van der Waals surface area contributed by atoms with Crippen molar-refractivity contribution >= 4 is 17.7 Å². The fraction of sp³-hybridized carbons (Fsp3) is 0.227. The Hall–Kier alpha value is -3.81. The fourth-order valence-corrected chi connectivity index (χ4v) is 3.69. The van der Waals surface area contributed by atoms with Gasteiger partial charge in [-0.2, -0.15) is 0 Å². The molecule has 2 heterocycles. The predicted molar refractivity (Wildman–Crippen MR) is 111 cm³/mol. The van der Waals surface area contributed by atoms with Crippen LogP contribution in [-0.4, -0.2) is 47.6 Å². The van der Waals surface area contributed by atoms with Crippen molar-refractivity contribution in [3.8, 4) is 5.75 Å². The highest BCUT2D eigenvalue weighted by molar-refractivity contribution is 6.01. The maximum Gasteiger partial charge on any atom is 0.339 e. The zero-order valence-electron chi connectivity index (χ0n) is 16.7. The van der Waals surface area contributed by atoms with E-state index in [4.69, 9.17) is 9.47 Å². The van der Waals surface area contributed by atoms with Crippen LogP contribution in [0.4, 0.5) is 10.5 Å². The number of carbonyl (C=O) groups is 2. The quantitative estimate of drug-likeness (QED) is 0.648. The van der Waals surface area contributed by atoms with Crippen LogP contribution in [0, 0.1) is 0 Å². The normalized spacial score (nSPS) is 15.3. The number of anilines is 1. The van der Waals surface area contributed by atoms with Crippen molar-refractivity contribution < 1.29 is 19.1 Å². The molecule has 0 fully saturated rings. The van der Waals surface area contributed by atoms with Crippen molar-refractivity contribution in [2.24, 2.45) is 0 Å². The minimum absolute atomic E-state index is 0.298. The number of esters is 1. The molecule has 8 nitrogen and oxygen atoms in total. The summed E-state index contributed by atoms with van der Waals surface area (Å²) in [6.45, 7) is 0.498. The van der Waals surface area contributed by atoms with Crippen LogP contribution in [0.2, 0.25) is 0 Å². The van der Waals surface area contributed by atoms with Crippen LogP contribution in [0.15, 0.2) is 54.9 Å². The molecule has 1 atom stereocenters. The van der Waals surface area contributed by atoms with Gasteiger partial charge in [0, 0.05) is 18.7 Å². The highest BCUT2D eigenvalue weighted by Crippen LogP contribution is 2.34. The van der Waals surface area contributed by atoms with Crippen molar-refractivity contribution in [2.45, 2.75) is 12.5 Å². The van der Waals surface area contributed by atoms with Crippen molar-refractivity contribution in [2.75, 3.05) is 26.1 Å². The first-order chi connectivity index (χ1) is 14.6. The summed E-state index contributed by atoms with van der Waals surface area (Å²) in [6.07, 6.45) is 2.31. The summed E-state index contributed by atoms with van der Waals surface area (Å²) in [5, 5.41) is 2.86. The fourth-order valence-electron chi connectivity index (χ4n) is 3.69. The van der Waals surface area contributed by atoms with Gasteiger partial charge in [-0.15, -0.1) is 0 Å². The SMILES string of the molecule is COC(=O)c1ccccc1NC(=O)N1CCc2[nH]cnc2[C@H]1c1ccc(OC)cc1. The van der Waals surface area contributed by atoms with Gasteiger partial charge in [0.15, 0.2) is 0 Å². The first-order valence-corrected chi connectivity index (χ1v) is 9.53. The number of aromatic nitrogens is 2. The molecule has 2 aromatic carbocycles. The first-order valence-electron chi connectivity index (χ1n) is 9.53. The van der Waals surface area contributed by atoms with E-state index in [0.717, 1.165) is 22.7 Å². The molecule has 2 amide bonds. The summed E-state index contributed by atoms with van der Waals surface area (Å²) in [4.78, 5) is 34.7. The van der Waals surface area contributed by atoms with Crippen molar-refractivity contribution in [1.82, 2.24) is 14.9 Å². The molecule has 4 rings (SSSR count). The topological polar surface area (TPSA) is 96.6 Å². The van der Waals surface area contributed by atoms with E-state index in [2.05, 4.69) is 15.3 Å². The van der Waals surface area contributed by atoms with Gasteiger partial charge in [0.05, 0.1) is 37.5 Å². The van der Waals surface area contributed by atoms with Crippen molar-refractivity contribution in [3.63, 3.8) is 0 Å². The van der Waals surface area contributed by atoms with Gasteiger partial charge in [0.2, 0.25) is 0 Å². The van der Waals surface area contributed by atoms with E-state index in [1.165, 1.54) is 7.11 Å². The maximum atomic E-state index is 13.3. The number of hydrogen-bond acceptors (Lipinski definition) is 5. The van der Waals surface area contributed by atoms with Gasteiger partial charge in [0.25, 0.3) is 0 Å². The lowest BCUT2D eigenvalue weighted by molar-refractivity contribution is 0.0602. The first kappa shape index (κ1) is 19.5. The number of fused-ring (bicyclic) bond motifs is 1. The molecule has 8 heteroatoms. The number of hydrogen-bond donors (Lipinski definition) is 2. The van der Waals surface area contributed by atoms with Gasteiger partial charge < -0.3 is 24.7 Å². The lowest BCUT2D eigenvalue weighted by Gasteiger charge is -2.35. The lowest BCUT2D eigenvalue weighted by atomic mass is 9.96. The summed E-state index contributed by atoms with van der Waals surface area (Å²) in [5.41, 5.74) is 3.43. The number of imidazole rings is 1. The Balaban J connectivity index is 1.67. The Morgan fingerprint density at radius 3 is 2.63 bits per heavy atom. The van der Waals surface area contributed by atoms with Crippen LogP contribution in [0.3, 0.4) is 0 Å². The molecule has 0 unspecified atom stereocenters. The third-order valence-electron chi connectivity index (χ3n) is 5.19.